The van der Waals surface area contributed by atoms with Gasteiger partial charge in [-0.3, -0.25) is 9.59 Å². The summed E-state index contributed by atoms with van der Waals surface area (Å²) in [6, 6.07) is -0.301. The maximum atomic E-state index is 12.0. The van der Waals surface area contributed by atoms with E-state index in [1.165, 1.54) is 0 Å². The van der Waals surface area contributed by atoms with Gasteiger partial charge >= 0.3 is 5.97 Å². The summed E-state index contributed by atoms with van der Waals surface area (Å²) in [4.78, 5) is 22.9. The second kappa shape index (κ2) is 9.77. The first-order valence-electron chi connectivity index (χ1n) is 7.89. The second-order valence-corrected chi connectivity index (χ2v) is 7.02. The van der Waals surface area contributed by atoms with Crippen molar-refractivity contribution in [1.29, 1.82) is 0 Å². The van der Waals surface area contributed by atoms with Crippen molar-refractivity contribution < 1.29 is 14.7 Å². The van der Waals surface area contributed by atoms with Crippen molar-refractivity contribution in [3.05, 3.63) is 0 Å². The van der Waals surface area contributed by atoms with E-state index in [0.717, 1.165) is 19.3 Å². The smallest absolute Gasteiger partial charge is 0.305 e. The number of rotatable bonds is 10. The Morgan fingerprint density at radius 2 is 1.86 bits per heavy atom. The molecule has 0 bridgehead atoms. The molecule has 124 valence electrons. The Hall–Kier alpha value is -1.10. The average Bonchev–Trinajstić information content (AvgIpc) is 2.31. The van der Waals surface area contributed by atoms with Gasteiger partial charge in [0, 0.05) is 12.5 Å². The van der Waals surface area contributed by atoms with Gasteiger partial charge < -0.3 is 16.2 Å². The first kappa shape index (κ1) is 19.9. The number of carbonyl (C=O) groups excluding carboxylic acids is 1. The molecule has 0 fully saturated rings. The zero-order valence-electron chi connectivity index (χ0n) is 13.9. The Labute approximate surface area is 128 Å². The number of nitrogens with one attached hydrogen (secondary N) is 1. The third kappa shape index (κ3) is 11.3. The van der Waals surface area contributed by atoms with E-state index in [1.807, 2.05) is 20.8 Å². The Balaban J connectivity index is 4.35. The van der Waals surface area contributed by atoms with Gasteiger partial charge in [-0.1, -0.05) is 34.1 Å². The summed E-state index contributed by atoms with van der Waals surface area (Å²) in [5.41, 5.74) is 5.54. The summed E-state index contributed by atoms with van der Waals surface area (Å²) in [6.45, 7) is 8.88. The average molecular weight is 300 g/mol. The van der Waals surface area contributed by atoms with Crippen LogP contribution in [0.5, 0.6) is 0 Å². The van der Waals surface area contributed by atoms with Crippen LogP contribution in [0, 0.1) is 11.3 Å². The van der Waals surface area contributed by atoms with E-state index in [1.54, 1.807) is 0 Å². The van der Waals surface area contributed by atoms with Crippen LogP contribution in [-0.4, -0.2) is 29.6 Å². The van der Waals surface area contributed by atoms with E-state index in [0.29, 0.717) is 25.3 Å². The van der Waals surface area contributed by atoms with Crippen molar-refractivity contribution in [3.8, 4) is 0 Å². The van der Waals surface area contributed by atoms with E-state index in [2.05, 4.69) is 12.2 Å². The molecule has 0 aromatic heterocycles. The minimum Gasteiger partial charge on any atom is -0.481 e. The number of amides is 1. The highest BCUT2D eigenvalue weighted by Crippen LogP contribution is 2.22. The van der Waals surface area contributed by atoms with Crippen LogP contribution in [0.4, 0.5) is 0 Å². The van der Waals surface area contributed by atoms with Crippen LogP contribution in [-0.2, 0) is 9.59 Å². The first-order valence-corrected chi connectivity index (χ1v) is 7.89. The number of nitrogens with two attached hydrogens (primary N) is 1. The van der Waals surface area contributed by atoms with E-state index in [-0.39, 0.29) is 23.8 Å². The lowest BCUT2D eigenvalue weighted by Crippen LogP contribution is -2.39. The molecule has 5 nitrogen and oxygen atoms in total. The zero-order chi connectivity index (χ0) is 16.5. The molecule has 0 aliphatic carbocycles. The monoisotopic (exact) mass is 300 g/mol. The van der Waals surface area contributed by atoms with Crippen molar-refractivity contribution in [3.63, 3.8) is 0 Å². The molecule has 2 unspecified atom stereocenters. The van der Waals surface area contributed by atoms with Gasteiger partial charge in [0.15, 0.2) is 0 Å². The largest absolute Gasteiger partial charge is 0.481 e. The highest BCUT2D eigenvalue weighted by atomic mass is 16.4. The molecule has 0 aromatic rings. The highest BCUT2D eigenvalue weighted by Gasteiger charge is 2.22. The van der Waals surface area contributed by atoms with Crippen molar-refractivity contribution in [1.82, 2.24) is 5.32 Å². The quantitative estimate of drug-likeness (QED) is 0.578. The van der Waals surface area contributed by atoms with Crippen molar-refractivity contribution >= 4 is 11.9 Å². The lowest BCUT2D eigenvalue weighted by Gasteiger charge is -2.26. The highest BCUT2D eigenvalue weighted by molar-refractivity contribution is 5.77. The van der Waals surface area contributed by atoms with Gasteiger partial charge in [0.25, 0.3) is 0 Å². The van der Waals surface area contributed by atoms with Crippen LogP contribution in [0.2, 0.25) is 0 Å². The van der Waals surface area contributed by atoms with Gasteiger partial charge in [0.05, 0.1) is 6.42 Å². The third-order valence-corrected chi connectivity index (χ3v) is 3.58. The molecule has 0 aliphatic rings. The molecule has 0 radical (unpaired) electrons. The number of hydrogen-bond donors (Lipinski definition) is 3. The van der Waals surface area contributed by atoms with Gasteiger partial charge in [0.2, 0.25) is 5.91 Å². The molecular formula is C16H32N2O3. The van der Waals surface area contributed by atoms with Gasteiger partial charge in [-0.15, -0.1) is 0 Å². The van der Waals surface area contributed by atoms with Gasteiger partial charge in [0.1, 0.15) is 0 Å². The second-order valence-electron chi connectivity index (χ2n) is 7.02. The summed E-state index contributed by atoms with van der Waals surface area (Å²) < 4.78 is 0. The van der Waals surface area contributed by atoms with E-state index >= 15 is 0 Å². The fourth-order valence-corrected chi connectivity index (χ4v) is 2.55. The number of carbonyl (C=O) groups is 2. The molecule has 0 aromatic carbocycles. The molecule has 5 heteroatoms. The Bertz CT molecular complexity index is 324. The molecular weight excluding hydrogens is 268 g/mol. The lowest BCUT2D eigenvalue weighted by atomic mass is 9.87. The van der Waals surface area contributed by atoms with E-state index < -0.39 is 5.97 Å². The Kier molecular flexibility index (Phi) is 9.26. The number of carboxylic acids is 1. The summed E-state index contributed by atoms with van der Waals surface area (Å²) in [5.74, 6) is -0.457. The molecule has 0 heterocycles. The molecule has 0 saturated heterocycles. The fourth-order valence-electron chi connectivity index (χ4n) is 2.55. The minimum absolute atomic E-state index is 0.0150. The zero-order valence-corrected chi connectivity index (χ0v) is 13.9. The Morgan fingerprint density at radius 1 is 1.24 bits per heavy atom. The number of aliphatic carboxylic acids is 1. The summed E-state index contributed by atoms with van der Waals surface area (Å²) in [6.07, 6.45) is 3.84. The lowest BCUT2D eigenvalue weighted by molar-refractivity contribution is -0.137. The molecule has 0 saturated carbocycles. The molecule has 2 atom stereocenters. The van der Waals surface area contributed by atoms with Crippen LogP contribution in [0.1, 0.15) is 66.2 Å². The van der Waals surface area contributed by atoms with Crippen molar-refractivity contribution in [2.24, 2.45) is 17.1 Å². The topological polar surface area (TPSA) is 92.4 Å². The standard InChI is InChI=1S/C16H32N2O3/c1-5-12(8-9-17)6-7-14(19)18-13(10-15(20)21)11-16(2,3)4/h12-13H,5-11,17H2,1-4H3,(H,18,19)(H,20,21). The maximum absolute atomic E-state index is 12.0. The normalized spacial score (nSPS) is 14.5. The molecule has 1 amide bonds. The Morgan fingerprint density at radius 3 is 2.29 bits per heavy atom. The fraction of sp³-hybridized carbons (Fsp3) is 0.875. The van der Waals surface area contributed by atoms with Crippen LogP contribution < -0.4 is 11.1 Å². The van der Waals surface area contributed by atoms with Crippen molar-refractivity contribution in [2.75, 3.05) is 6.54 Å². The molecule has 0 aliphatic heterocycles. The maximum Gasteiger partial charge on any atom is 0.305 e. The van der Waals surface area contributed by atoms with Crippen LogP contribution in [0.3, 0.4) is 0 Å². The molecule has 0 rings (SSSR count). The molecule has 0 spiro atoms. The molecule has 4 N–H and O–H groups in total. The van der Waals surface area contributed by atoms with Crippen molar-refractivity contribution in [2.45, 2.75) is 72.3 Å². The van der Waals surface area contributed by atoms with Crippen LogP contribution in [0.15, 0.2) is 0 Å². The van der Waals surface area contributed by atoms with Gasteiger partial charge in [-0.05, 0) is 37.1 Å². The first-order chi connectivity index (χ1) is 9.67. The summed E-state index contributed by atoms with van der Waals surface area (Å²) in [5, 5.41) is 11.8. The van der Waals surface area contributed by atoms with E-state index in [9.17, 15) is 9.59 Å². The van der Waals surface area contributed by atoms with E-state index in [4.69, 9.17) is 10.8 Å². The summed E-state index contributed by atoms with van der Waals surface area (Å²) in [7, 11) is 0. The predicted molar refractivity (Wildman–Crippen MR) is 84.9 cm³/mol. The number of carboxylic acid groups (broad SMARTS) is 1. The number of hydrogen-bond acceptors (Lipinski definition) is 3. The van der Waals surface area contributed by atoms with Crippen LogP contribution >= 0.6 is 0 Å². The van der Waals surface area contributed by atoms with Crippen LogP contribution in [0.25, 0.3) is 0 Å². The SMILES string of the molecule is CCC(CCN)CCC(=O)NC(CC(=O)O)CC(C)(C)C. The van der Waals surface area contributed by atoms with Gasteiger partial charge in [-0.25, -0.2) is 0 Å². The third-order valence-electron chi connectivity index (χ3n) is 3.58. The molecule has 21 heavy (non-hydrogen) atoms. The summed E-state index contributed by atoms with van der Waals surface area (Å²) >= 11 is 0. The minimum atomic E-state index is -0.876. The van der Waals surface area contributed by atoms with Gasteiger partial charge in [-0.2, -0.15) is 0 Å². The predicted octanol–water partition coefficient (Wildman–Crippen LogP) is 2.54.